The molecule has 2 aromatic carbocycles. The molecule has 0 saturated carbocycles. The van der Waals surface area contributed by atoms with Crippen molar-refractivity contribution in [2.75, 3.05) is 24.6 Å². The first-order valence-corrected chi connectivity index (χ1v) is 12.5. The van der Waals surface area contributed by atoms with E-state index in [1.807, 2.05) is 69.3 Å². The minimum atomic E-state index is -0.310. The first-order valence-electron chi connectivity index (χ1n) is 11.7. The van der Waals surface area contributed by atoms with Crippen LogP contribution in [0.4, 0.5) is 11.4 Å². The zero-order chi connectivity index (χ0) is 26.2. The van der Waals surface area contributed by atoms with Gasteiger partial charge in [0.2, 0.25) is 12.3 Å². The molecule has 0 aliphatic carbocycles. The van der Waals surface area contributed by atoms with Crippen LogP contribution in [0.15, 0.2) is 48.5 Å². The van der Waals surface area contributed by atoms with Gasteiger partial charge in [0.15, 0.2) is 0 Å². The number of nitrogens with one attached hydrogen (secondary N) is 3. The van der Waals surface area contributed by atoms with Gasteiger partial charge in [0.1, 0.15) is 6.04 Å². The van der Waals surface area contributed by atoms with Crippen LogP contribution in [-0.2, 0) is 9.59 Å². The van der Waals surface area contributed by atoms with Crippen LogP contribution in [0, 0.1) is 6.92 Å². The Balaban J connectivity index is 0.000000347. The molecule has 4 rings (SSSR count). The Hall–Kier alpha value is -3.43. The van der Waals surface area contributed by atoms with Crippen LogP contribution in [0.1, 0.15) is 48.3 Å². The minimum absolute atomic E-state index is 0.0606. The van der Waals surface area contributed by atoms with Gasteiger partial charge >= 0.3 is 0 Å². The molecule has 7 N–H and O–H groups in total. The summed E-state index contributed by atoms with van der Waals surface area (Å²) in [5, 5.41) is 9.15. The van der Waals surface area contributed by atoms with Gasteiger partial charge in [0.25, 0.3) is 5.91 Å². The Morgan fingerprint density at radius 3 is 2.51 bits per heavy atom. The average molecular weight is 500 g/mol. The maximum absolute atomic E-state index is 12.3. The van der Waals surface area contributed by atoms with Crippen molar-refractivity contribution in [2.45, 2.75) is 46.1 Å². The van der Waals surface area contributed by atoms with E-state index in [-0.39, 0.29) is 17.9 Å². The van der Waals surface area contributed by atoms with Gasteiger partial charge < -0.3 is 27.4 Å². The molecule has 1 unspecified atom stereocenters. The minimum Gasteiger partial charge on any atom is -0.399 e. The molecule has 1 aliphatic heterocycles. The fourth-order valence-corrected chi connectivity index (χ4v) is 4.19. The number of thiophene rings is 1. The predicted octanol–water partition coefficient (Wildman–Crippen LogP) is 4.05. The lowest BCUT2D eigenvalue weighted by Crippen LogP contribution is -2.42. The molecular formula is C26H37N5O3S. The second-order valence-electron chi connectivity index (χ2n) is 7.30. The molecule has 3 amide bonds. The number of amides is 3. The Kier molecular flexibility index (Phi) is 13.7. The summed E-state index contributed by atoms with van der Waals surface area (Å²) in [6.07, 6.45) is 3.33. The quantitative estimate of drug-likeness (QED) is 0.272. The Labute approximate surface area is 211 Å². The molecular weight excluding hydrogens is 462 g/mol. The van der Waals surface area contributed by atoms with Crippen LogP contribution >= 0.6 is 11.3 Å². The molecule has 8 nitrogen and oxygen atoms in total. The van der Waals surface area contributed by atoms with Crippen LogP contribution in [0.2, 0.25) is 0 Å². The number of benzene rings is 2. The molecule has 190 valence electrons. The summed E-state index contributed by atoms with van der Waals surface area (Å²) in [7, 11) is 1.50. The van der Waals surface area contributed by atoms with Gasteiger partial charge in [-0.3, -0.25) is 14.4 Å². The fraction of sp³-hybridized carbons (Fsp3) is 0.346. The molecule has 35 heavy (non-hydrogen) atoms. The SMILES string of the molecule is CC.CN.Cc1ccccc1NC(=O)c1cc2cc(N)ccc2s1.O=CNC1CCCCNC1=O. The number of carbonyl (C=O) groups is 3. The number of para-hydroxylation sites is 1. The molecule has 1 atom stereocenters. The standard InChI is InChI=1S/C16H14N2OS.C7H12N2O2.C2H6.CH5N/c1-10-4-2-3-5-13(10)18-16(19)15-9-11-8-12(17)6-7-14(11)20-15;10-5-9-6-3-1-2-4-8-7(6)11;2*1-2/h2-9H,17H2,1H3,(H,18,19);5-6H,1-4H2,(H,8,11)(H,9,10);1-2H3;2H2,1H3. The van der Waals surface area contributed by atoms with Crippen LogP contribution in [0.3, 0.4) is 0 Å². The lowest BCUT2D eigenvalue weighted by molar-refractivity contribution is -0.125. The molecule has 3 aromatic rings. The molecule has 9 heteroatoms. The maximum atomic E-state index is 12.3. The van der Waals surface area contributed by atoms with Gasteiger partial charge in [0, 0.05) is 22.6 Å². The predicted molar refractivity (Wildman–Crippen MR) is 147 cm³/mol. The highest BCUT2D eigenvalue weighted by Gasteiger charge is 2.18. The molecule has 2 heterocycles. The highest BCUT2D eigenvalue weighted by molar-refractivity contribution is 7.20. The molecule has 0 radical (unpaired) electrons. The summed E-state index contributed by atoms with van der Waals surface area (Å²) in [5.41, 5.74) is 12.9. The Morgan fingerprint density at radius 2 is 1.83 bits per heavy atom. The van der Waals surface area contributed by atoms with E-state index >= 15 is 0 Å². The van der Waals surface area contributed by atoms with E-state index in [9.17, 15) is 14.4 Å². The van der Waals surface area contributed by atoms with E-state index < -0.39 is 0 Å². The number of nitrogen functional groups attached to an aromatic ring is 1. The normalized spacial score (nSPS) is 14.3. The molecule has 1 aliphatic rings. The van der Waals surface area contributed by atoms with Crippen molar-refractivity contribution >= 4 is 51.0 Å². The Bertz CT molecular complexity index is 1080. The van der Waals surface area contributed by atoms with Crippen LogP contribution < -0.4 is 27.4 Å². The zero-order valence-corrected chi connectivity index (χ0v) is 21.7. The summed E-state index contributed by atoms with van der Waals surface area (Å²) >= 11 is 1.47. The van der Waals surface area contributed by atoms with Crippen molar-refractivity contribution < 1.29 is 14.4 Å². The molecule has 0 spiro atoms. The third-order valence-corrected chi connectivity index (χ3v) is 6.08. The number of nitrogens with two attached hydrogens (primary N) is 2. The van der Waals surface area contributed by atoms with Crippen LogP contribution in [-0.4, -0.2) is 37.9 Å². The van der Waals surface area contributed by atoms with E-state index in [0.29, 0.717) is 17.0 Å². The van der Waals surface area contributed by atoms with E-state index in [0.717, 1.165) is 47.1 Å². The number of carbonyl (C=O) groups excluding carboxylic acids is 3. The summed E-state index contributed by atoms with van der Waals surface area (Å²) < 4.78 is 1.06. The number of aryl methyl sites for hydroxylation is 1. The van der Waals surface area contributed by atoms with Crippen molar-refractivity contribution in [1.29, 1.82) is 0 Å². The van der Waals surface area contributed by atoms with Gasteiger partial charge in [-0.25, -0.2) is 0 Å². The third-order valence-electron chi connectivity index (χ3n) is 4.96. The van der Waals surface area contributed by atoms with Gasteiger partial charge in [-0.2, -0.15) is 0 Å². The van der Waals surface area contributed by atoms with Crippen molar-refractivity contribution in [2.24, 2.45) is 5.73 Å². The monoisotopic (exact) mass is 499 g/mol. The van der Waals surface area contributed by atoms with E-state index in [1.165, 1.54) is 18.4 Å². The Morgan fingerprint density at radius 1 is 1.11 bits per heavy atom. The first kappa shape index (κ1) is 29.6. The van der Waals surface area contributed by atoms with Crippen molar-refractivity contribution in [1.82, 2.24) is 10.6 Å². The van der Waals surface area contributed by atoms with Gasteiger partial charge in [-0.05, 0) is 74.5 Å². The number of fused-ring (bicyclic) bond motifs is 1. The summed E-state index contributed by atoms with van der Waals surface area (Å²) in [4.78, 5) is 34.1. The second-order valence-corrected chi connectivity index (χ2v) is 8.38. The van der Waals surface area contributed by atoms with Crippen molar-refractivity contribution in [3.05, 3.63) is 59.0 Å². The topological polar surface area (TPSA) is 139 Å². The third kappa shape index (κ3) is 9.38. The average Bonchev–Trinajstić information content (AvgIpc) is 3.20. The van der Waals surface area contributed by atoms with Gasteiger partial charge in [0.05, 0.1) is 4.88 Å². The highest BCUT2D eigenvalue weighted by atomic mass is 32.1. The van der Waals surface area contributed by atoms with Crippen molar-refractivity contribution in [3.8, 4) is 0 Å². The first-order chi connectivity index (χ1) is 17.0. The second kappa shape index (κ2) is 16.2. The zero-order valence-electron chi connectivity index (χ0n) is 20.9. The maximum Gasteiger partial charge on any atom is 0.265 e. The molecule has 1 aromatic heterocycles. The van der Waals surface area contributed by atoms with E-state index in [4.69, 9.17) is 5.73 Å². The summed E-state index contributed by atoms with van der Waals surface area (Å²) in [6.45, 7) is 6.71. The smallest absolute Gasteiger partial charge is 0.265 e. The van der Waals surface area contributed by atoms with Crippen LogP contribution in [0.25, 0.3) is 10.1 Å². The van der Waals surface area contributed by atoms with E-state index in [1.54, 1.807) is 0 Å². The number of hydrogen-bond donors (Lipinski definition) is 5. The molecule has 1 fully saturated rings. The fourth-order valence-electron chi connectivity index (χ4n) is 3.25. The van der Waals surface area contributed by atoms with Gasteiger partial charge in [-0.1, -0.05) is 32.0 Å². The lowest BCUT2D eigenvalue weighted by atomic mass is 10.1. The van der Waals surface area contributed by atoms with Crippen LogP contribution in [0.5, 0.6) is 0 Å². The number of hydrogen-bond acceptors (Lipinski definition) is 6. The molecule has 0 bridgehead atoms. The highest BCUT2D eigenvalue weighted by Crippen LogP contribution is 2.28. The van der Waals surface area contributed by atoms with Gasteiger partial charge in [-0.15, -0.1) is 11.3 Å². The summed E-state index contributed by atoms with van der Waals surface area (Å²) in [6, 6.07) is 15.0. The largest absolute Gasteiger partial charge is 0.399 e. The van der Waals surface area contributed by atoms with E-state index in [2.05, 4.69) is 21.7 Å². The number of anilines is 2. The number of rotatable bonds is 4. The van der Waals surface area contributed by atoms with Crippen molar-refractivity contribution in [3.63, 3.8) is 0 Å². The lowest BCUT2D eigenvalue weighted by Gasteiger charge is -2.10. The molecule has 1 saturated heterocycles. The summed E-state index contributed by atoms with van der Waals surface area (Å²) in [5.74, 6) is -0.145.